The number of furan rings is 1. The molecule has 2 amide bonds. The summed E-state index contributed by atoms with van der Waals surface area (Å²) < 4.78 is 11.5. The van der Waals surface area contributed by atoms with E-state index in [0.29, 0.717) is 49.1 Å². The fraction of sp³-hybridized carbons (Fsp3) is 0.200. The average Bonchev–Trinajstić information content (AvgIpc) is 3.32. The average molecular weight is 528 g/mol. The number of halogens is 1. The number of fused-ring (bicyclic) bond motifs is 2. The number of hydrogen-bond acceptors (Lipinski definition) is 5. The molecule has 2 aliphatic rings. The lowest BCUT2D eigenvalue weighted by Gasteiger charge is -2.35. The number of benzene rings is 3. The second-order valence-electron chi connectivity index (χ2n) is 9.46. The summed E-state index contributed by atoms with van der Waals surface area (Å²) in [5.74, 6) is 0.710. The fourth-order valence-electron chi connectivity index (χ4n) is 4.90. The first-order chi connectivity index (χ1) is 18.5. The van der Waals surface area contributed by atoms with E-state index in [1.165, 1.54) is 0 Å². The summed E-state index contributed by atoms with van der Waals surface area (Å²) in [4.78, 5) is 29.5. The standard InChI is InChI=1S/C30H26ClN3O4/c31-24-8-6-21(7-9-24)27-18-23-16-22-17-25(10-11-26(22)32-29(35)28(23)38-27)33-12-14-34(15-13-33)30(36)37-19-20-4-2-1-3-5-20/h1-11,17-18H,12-16,19H2,(H,32,35). The Bertz CT molecular complexity index is 1480. The summed E-state index contributed by atoms with van der Waals surface area (Å²) in [5, 5.41) is 3.63. The minimum absolute atomic E-state index is 0.255. The molecule has 38 heavy (non-hydrogen) atoms. The monoisotopic (exact) mass is 527 g/mol. The second kappa shape index (κ2) is 10.3. The van der Waals surface area contributed by atoms with Gasteiger partial charge in [0, 0.05) is 60.1 Å². The minimum atomic E-state index is -0.290. The highest BCUT2D eigenvalue weighted by molar-refractivity contribution is 6.30. The lowest BCUT2D eigenvalue weighted by atomic mass is 10.0. The second-order valence-corrected chi connectivity index (χ2v) is 9.89. The Morgan fingerprint density at radius 1 is 0.921 bits per heavy atom. The molecule has 1 aromatic heterocycles. The van der Waals surface area contributed by atoms with Gasteiger partial charge in [0.2, 0.25) is 0 Å². The van der Waals surface area contributed by atoms with Crippen molar-refractivity contribution in [1.29, 1.82) is 0 Å². The van der Waals surface area contributed by atoms with Crippen LogP contribution in [0.4, 0.5) is 16.2 Å². The quantitative estimate of drug-likeness (QED) is 0.341. The Hall–Kier alpha value is -4.23. The number of carbonyl (C=O) groups is 2. The number of amides is 2. The number of ether oxygens (including phenoxy) is 1. The molecule has 2 aliphatic heterocycles. The maximum absolute atomic E-state index is 12.9. The normalized spacial score (nSPS) is 14.8. The van der Waals surface area contributed by atoms with E-state index in [1.807, 2.05) is 60.7 Å². The Labute approximate surface area is 225 Å². The lowest BCUT2D eigenvalue weighted by molar-refractivity contribution is 0.0941. The molecule has 1 fully saturated rings. The Kier molecular flexibility index (Phi) is 6.52. The van der Waals surface area contributed by atoms with E-state index in [2.05, 4.69) is 16.3 Å². The Morgan fingerprint density at radius 2 is 1.68 bits per heavy atom. The fourth-order valence-corrected chi connectivity index (χ4v) is 5.02. The maximum Gasteiger partial charge on any atom is 0.410 e. The Balaban J connectivity index is 1.13. The zero-order valence-electron chi connectivity index (χ0n) is 20.7. The third-order valence-electron chi connectivity index (χ3n) is 6.97. The van der Waals surface area contributed by atoms with E-state index < -0.39 is 0 Å². The molecule has 0 spiro atoms. The van der Waals surface area contributed by atoms with Crippen LogP contribution in [0.5, 0.6) is 0 Å². The number of anilines is 2. The van der Waals surface area contributed by atoms with E-state index in [1.54, 1.807) is 17.0 Å². The van der Waals surface area contributed by atoms with Crippen molar-refractivity contribution >= 4 is 35.0 Å². The summed E-state index contributed by atoms with van der Waals surface area (Å²) in [6, 6.07) is 25.0. The van der Waals surface area contributed by atoms with E-state index in [-0.39, 0.29) is 18.6 Å². The number of nitrogens with zero attached hydrogens (tertiary/aromatic N) is 2. The van der Waals surface area contributed by atoms with Gasteiger partial charge in [-0.3, -0.25) is 4.79 Å². The molecular formula is C30H26ClN3O4. The molecule has 192 valence electrons. The van der Waals surface area contributed by atoms with E-state index in [0.717, 1.165) is 33.6 Å². The van der Waals surface area contributed by atoms with E-state index in [4.69, 9.17) is 20.8 Å². The van der Waals surface area contributed by atoms with E-state index >= 15 is 0 Å². The zero-order valence-corrected chi connectivity index (χ0v) is 21.4. The van der Waals surface area contributed by atoms with Crippen molar-refractivity contribution in [3.63, 3.8) is 0 Å². The highest BCUT2D eigenvalue weighted by atomic mass is 35.5. The molecule has 8 heteroatoms. The van der Waals surface area contributed by atoms with Crippen molar-refractivity contribution in [3.8, 4) is 11.3 Å². The van der Waals surface area contributed by atoms with Gasteiger partial charge in [-0.15, -0.1) is 0 Å². The van der Waals surface area contributed by atoms with Crippen LogP contribution in [0.3, 0.4) is 0 Å². The van der Waals surface area contributed by atoms with Gasteiger partial charge in [-0.2, -0.15) is 0 Å². The van der Waals surface area contributed by atoms with Crippen molar-refractivity contribution in [2.75, 3.05) is 36.4 Å². The molecule has 6 rings (SSSR count). The molecule has 7 nitrogen and oxygen atoms in total. The first kappa shape index (κ1) is 24.1. The van der Waals surface area contributed by atoms with Crippen LogP contribution in [0.25, 0.3) is 11.3 Å². The number of nitrogens with one attached hydrogen (secondary N) is 1. The largest absolute Gasteiger partial charge is 0.451 e. The summed E-state index contributed by atoms with van der Waals surface area (Å²) in [7, 11) is 0. The SMILES string of the molecule is O=C1Nc2ccc(N3CCN(C(=O)OCc4ccccc4)CC3)cc2Cc2cc(-c3ccc(Cl)cc3)oc21. The highest BCUT2D eigenvalue weighted by Crippen LogP contribution is 2.34. The van der Waals surface area contributed by atoms with E-state index in [9.17, 15) is 9.59 Å². The first-order valence-corrected chi connectivity index (χ1v) is 12.9. The van der Waals surface area contributed by atoms with Gasteiger partial charge in [-0.1, -0.05) is 41.9 Å². The topological polar surface area (TPSA) is 75.0 Å². The van der Waals surface area contributed by atoms with Crippen LogP contribution in [0.1, 0.15) is 27.2 Å². The predicted octanol–water partition coefficient (Wildman–Crippen LogP) is 6.22. The van der Waals surface area contributed by atoms with Gasteiger partial charge in [0.1, 0.15) is 12.4 Å². The smallest absolute Gasteiger partial charge is 0.410 e. The van der Waals surface area contributed by atoms with Crippen molar-refractivity contribution in [2.45, 2.75) is 13.0 Å². The van der Waals surface area contributed by atoms with Crippen molar-refractivity contribution in [3.05, 3.63) is 106 Å². The number of piperazine rings is 1. The molecule has 0 unspecified atom stereocenters. The molecule has 0 aliphatic carbocycles. The summed E-state index contributed by atoms with van der Waals surface area (Å²) >= 11 is 6.02. The van der Waals surface area contributed by atoms with Crippen molar-refractivity contribution in [2.24, 2.45) is 0 Å². The molecule has 0 bridgehead atoms. The molecule has 4 aromatic rings. The number of rotatable bonds is 4. The van der Waals surface area contributed by atoms with Crippen LogP contribution in [0.2, 0.25) is 5.02 Å². The third kappa shape index (κ3) is 4.97. The van der Waals surface area contributed by atoms with Crippen LogP contribution in [-0.4, -0.2) is 43.1 Å². The van der Waals surface area contributed by atoms with Gasteiger partial charge in [-0.25, -0.2) is 4.79 Å². The van der Waals surface area contributed by atoms with Gasteiger partial charge in [0.05, 0.1) is 0 Å². The van der Waals surface area contributed by atoms with Crippen LogP contribution in [-0.2, 0) is 17.8 Å². The molecular weight excluding hydrogens is 502 g/mol. The number of hydrogen-bond donors (Lipinski definition) is 1. The third-order valence-corrected chi connectivity index (χ3v) is 7.22. The van der Waals surface area contributed by atoms with Gasteiger partial charge in [-0.05, 0) is 59.7 Å². The Morgan fingerprint density at radius 3 is 2.45 bits per heavy atom. The van der Waals surface area contributed by atoms with Crippen LogP contribution < -0.4 is 10.2 Å². The van der Waals surface area contributed by atoms with Crippen LogP contribution in [0, 0.1) is 0 Å². The van der Waals surface area contributed by atoms with Gasteiger partial charge in [0.25, 0.3) is 5.91 Å². The summed E-state index contributed by atoms with van der Waals surface area (Å²) in [5.41, 5.74) is 5.53. The molecule has 1 saturated heterocycles. The molecule has 0 radical (unpaired) electrons. The van der Waals surface area contributed by atoms with Gasteiger partial charge in [0.15, 0.2) is 5.76 Å². The molecule has 3 aromatic carbocycles. The number of carbonyl (C=O) groups excluding carboxylic acids is 2. The summed E-state index contributed by atoms with van der Waals surface area (Å²) in [6.07, 6.45) is 0.280. The molecule has 0 saturated carbocycles. The minimum Gasteiger partial charge on any atom is -0.451 e. The van der Waals surface area contributed by atoms with Crippen LogP contribution in [0.15, 0.2) is 83.3 Å². The van der Waals surface area contributed by atoms with Gasteiger partial charge >= 0.3 is 6.09 Å². The highest BCUT2D eigenvalue weighted by Gasteiger charge is 2.27. The van der Waals surface area contributed by atoms with Crippen molar-refractivity contribution < 1.29 is 18.7 Å². The van der Waals surface area contributed by atoms with Gasteiger partial charge < -0.3 is 24.3 Å². The summed E-state index contributed by atoms with van der Waals surface area (Å²) in [6.45, 7) is 2.83. The van der Waals surface area contributed by atoms with Crippen molar-refractivity contribution in [1.82, 2.24) is 4.90 Å². The zero-order chi connectivity index (χ0) is 26.1. The lowest BCUT2D eigenvalue weighted by Crippen LogP contribution is -2.49. The first-order valence-electron chi connectivity index (χ1n) is 12.6. The molecule has 3 heterocycles. The molecule has 0 atom stereocenters. The van der Waals surface area contributed by atoms with Crippen LogP contribution >= 0.6 is 11.6 Å². The predicted molar refractivity (Wildman–Crippen MR) is 147 cm³/mol. The maximum atomic E-state index is 12.9. The molecule has 1 N–H and O–H groups in total.